The predicted molar refractivity (Wildman–Crippen MR) is 139 cm³/mol. The Bertz CT molecular complexity index is 1140. The first-order valence-electron chi connectivity index (χ1n) is 13.7. The molecule has 1 amide bonds. The van der Waals surface area contributed by atoms with Gasteiger partial charge in [-0.3, -0.25) is 15.0 Å². The minimum Gasteiger partial charge on any atom is -0.479 e. The minimum atomic E-state index is 0.122. The molecule has 1 aromatic heterocycles. The number of piperazine rings is 1. The maximum absolute atomic E-state index is 12.6. The van der Waals surface area contributed by atoms with E-state index in [0.29, 0.717) is 23.7 Å². The first-order chi connectivity index (χ1) is 17.2. The summed E-state index contributed by atoms with van der Waals surface area (Å²) in [6.45, 7) is 6.24. The number of anilines is 1. The van der Waals surface area contributed by atoms with Gasteiger partial charge in [-0.2, -0.15) is 4.37 Å². The lowest BCUT2D eigenvalue weighted by molar-refractivity contribution is -0.123. The number of carbonyl (C=O) groups is 1. The number of aromatic nitrogens is 1. The summed E-state index contributed by atoms with van der Waals surface area (Å²) in [5.41, 5.74) is 1.32. The van der Waals surface area contributed by atoms with Gasteiger partial charge in [0.15, 0.2) is 5.88 Å². The van der Waals surface area contributed by atoms with Crippen molar-refractivity contribution in [2.45, 2.75) is 44.9 Å². The van der Waals surface area contributed by atoms with Crippen molar-refractivity contribution in [3.63, 3.8) is 0 Å². The Morgan fingerprint density at radius 2 is 1.86 bits per heavy atom. The van der Waals surface area contributed by atoms with Crippen LogP contribution < -0.4 is 10.2 Å². The number of ether oxygens (including phenoxy) is 1. The fourth-order valence-electron chi connectivity index (χ4n) is 7.68. The van der Waals surface area contributed by atoms with E-state index < -0.39 is 0 Å². The van der Waals surface area contributed by atoms with E-state index in [4.69, 9.17) is 9.11 Å². The molecule has 7 heteroatoms. The SMILES string of the molecule is O=C1NC(OC[C@@H]2CCCC[C@H]2CN2CCN(c3nsc4ccccc34)CC2)=C2[C@H]3CC[C@H](C3)[C@H]12. The predicted octanol–water partition coefficient (Wildman–Crippen LogP) is 4.63. The molecule has 0 unspecified atom stereocenters. The normalized spacial score (nSPS) is 33.0. The molecule has 0 radical (unpaired) electrons. The van der Waals surface area contributed by atoms with Gasteiger partial charge in [0.25, 0.3) is 0 Å². The zero-order valence-corrected chi connectivity index (χ0v) is 21.3. The molecule has 7 rings (SSSR count). The third kappa shape index (κ3) is 3.95. The number of amides is 1. The van der Waals surface area contributed by atoms with E-state index in [-0.39, 0.29) is 11.8 Å². The molecule has 3 heterocycles. The Morgan fingerprint density at radius 1 is 1.03 bits per heavy atom. The lowest BCUT2D eigenvalue weighted by Gasteiger charge is -2.40. The molecule has 186 valence electrons. The summed E-state index contributed by atoms with van der Waals surface area (Å²) in [4.78, 5) is 17.7. The fraction of sp³-hybridized carbons (Fsp3) is 0.643. The molecule has 5 aliphatic rings. The van der Waals surface area contributed by atoms with Crippen molar-refractivity contribution in [3.8, 4) is 0 Å². The van der Waals surface area contributed by atoms with Crippen molar-refractivity contribution in [2.24, 2.45) is 29.6 Å². The van der Waals surface area contributed by atoms with E-state index in [1.54, 1.807) is 11.5 Å². The summed E-state index contributed by atoms with van der Waals surface area (Å²) >= 11 is 1.61. The Balaban J connectivity index is 0.963. The Hall–Kier alpha value is -2.12. The van der Waals surface area contributed by atoms with Crippen LogP contribution in [0.2, 0.25) is 0 Å². The van der Waals surface area contributed by atoms with Crippen LogP contribution in [0, 0.1) is 29.6 Å². The summed E-state index contributed by atoms with van der Waals surface area (Å²) in [7, 11) is 0. The molecule has 5 atom stereocenters. The van der Waals surface area contributed by atoms with Crippen LogP contribution >= 0.6 is 11.5 Å². The average Bonchev–Trinajstić information content (AvgIpc) is 3.67. The molecule has 2 aliphatic heterocycles. The summed E-state index contributed by atoms with van der Waals surface area (Å²) in [5, 5.41) is 4.41. The molecule has 3 saturated carbocycles. The van der Waals surface area contributed by atoms with Crippen molar-refractivity contribution in [1.29, 1.82) is 0 Å². The zero-order chi connectivity index (χ0) is 23.4. The summed E-state index contributed by atoms with van der Waals surface area (Å²) in [5.74, 6) is 4.78. The molecule has 6 nitrogen and oxygen atoms in total. The summed E-state index contributed by atoms with van der Waals surface area (Å²) in [6, 6.07) is 8.59. The van der Waals surface area contributed by atoms with Gasteiger partial charge in [-0.25, -0.2) is 0 Å². The number of hydrogen-bond donors (Lipinski definition) is 1. The van der Waals surface area contributed by atoms with Crippen molar-refractivity contribution >= 4 is 33.3 Å². The maximum atomic E-state index is 12.6. The average molecular weight is 493 g/mol. The van der Waals surface area contributed by atoms with Crippen molar-refractivity contribution < 1.29 is 9.53 Å². The number of nitrogens with zero attached hydrogens (tertiary/aromatic N) is 3. The Kier molecular flexibility index (Phi) is 5.73. The van der Waals surface area contributed by atoms with Crippen LogP contribution in [0.4, 0.5) is 5.82 Å². The second-order valence-electron chi connectivity index (χ2n) is 11.4. The van der Waals surface area contributed by atoms with Gasteiger partial charge in [0.2, 0.25) is 5.91 Å². The Morgan fingerprint density at radius 3 is 2.74 bits per heavy atom. The van der Waals surface area contributed by atoms with Crippen LogP contribution in [-0.2, 0) is 9.53 Å². The highest BCUT2D eigenvalue weighted by Crippen LogP contribution is 2.55. The van der Waals surface area contributed by atoms with Gasteiger partial charge in [0.1, 0.15) is 5.82 Å². The lowest BCUT2D eigenvalue weighted by Crippen LogP contribution is -2.49. The van der Waals surface area contributed by atoms with Crippen LogP contribution in [-0.4, -0.2) is 54.5 Å². The third-order valence-corrected chi connectivity index (χ3v) is 10.3. The minimum absolute atomic E-state index is 0.122. The third-order valence-electron chi connectivity index (χ3n) is 9.53. The molecular weight excluding hydrogens is 456 g/mol. The molecule has 3 aliphatic carbocycles. The van der Waals surface area contributed by atoms with Gasteiger partial charge in [-0.05, 0) is 79.4 Å². The second-order valence-corrected chi connectivity index (χ2v) is 12.2. The van der Waals surface area contributed by atoms with Crippen LogP contribution in [0.1, 0.15) is 44.9 Å². The van der Waals surface area contributed by atoms with Crippen LogP contribution in [0.5, 0.6) is 0 Å². The number of rotatable bonds is 6. The van der Waals surface area contributed by atoms with Gasteiger partial charge in [0.05, 0.1) is 17.2 Å². The van der Waals surface area contributed by atoms with E-state index in [1.807, 2.05) is 0 Å². The van der Waals surface area contributed by atoms with E-state index in [2.05, 4.69) is 39.4 Å². The van der Waals surface area contributed by atoms with Gasteiger partial charge < -0.3 is 9.64 Å². The lowest BCUT2D eigenvalue weighted by atomic mass is 9.79. The van der Waals surface area contributed by atoms with Crippen LogP contribution in [0.3, 0.4) is 0 Å². The summed E-state index contributed by atoms with van der Waals surface area (Å²) < 4.78 is 12.5. The Labute approximate surface area is 211 Å². The highest BCUT2D eigenvalue weighted by atomic mass is 32.1. The van der Waals surface area contributed by atoms with E-state index in [0.717, 1.165) is 38.7 Å². The van der Waals surface area contributed by atoms with Crippen LogP contribution in [0.15, 0.2) is 35.7 Å². The molecule has 4 fully saturated rings. The number of fused-ring (bicyclic) bond motifs is 6. The molecule has 2 bridgehead atoms. The van der Waals surface area contributed by atoms with Crippen LogP contribution in [0.25, 0.3) is 10.1 Å². The quantitative estimate of drug-likeness (QED) is 0.637. The van der Waals surface area contributed by atoms with Gasteiger partial charge in [-0.15, -0.1) is 0 Å². The largest absolute Gasteiger partial charge is 0.479 e. The standard InChI is InChI=1S/C28H36N4O2S/c33-27-24-18-9-10-19(15-18)25(24)28(29-27)34-17-21-6-2-1-5-20(21)16-31-11-13-32(14-12-31)26-22-7-3-4-8-23(22)35-30-26/h3-4,7-8,18-21,24H,1-2,5-6,9-17H2,(H,29,33)/t18-,19+,20+,21+,24+/m1/s1. The molecule has 1 saturated heterocycles. The molecular formula is C28H36N4O2S. The topological polar surface area (TPSA) is 57.7 Å². The number of nitrogens with one attached hydrogen (secondary N) is 1. The number of hydrogen-bond acceptors (Lipinski definition) is 6. The van der Waals surface area contributed by atoms with Gasteiger partial charge in [0, 0.05) is 43.7 Å². The zero-order valence-electron chi connectivity index (χ0n) is 20.5. The van der Waals surface area contributed by atoms with Crippen molar-refractivity contribution in [2.75, 3.05) is 44.2 Å². The first kappa shape index (κ1) is 22.1. The van der Waals surface area contributed by atoms with Crippen molar-refractivity contribution in [3.05, 3.63) is 35.7 Å². The number of benzene rings is 1. The van der Waals surface area contributed by atoms with Gasteiger partial charge >= 0.3 is 0 Å². The molecule has 0 spiro atoms. The second kappa shape index (κ2) is 9.07. The van der Waals surface area contributed by atoms with E-state index in [9.17, 15) is 4.79 Å². The van der Waals surface area contributed by atoms with E-state index in [1.165, 1.54) is 73.0 Å². The maximum Gasteiger partial charge on any atom is 0.234 e. The van der Waals surface area contributed by atoms with Gasteiger partial charge in [-0.1, -0.05) is 25.0 Å². The van der Waals surface area contributed by atoms with E-state index >= 15 is 0 Å². The molecule has 35 heavy (non-hydrogen) atoms. The summed E-state index contributed by atoms with van der Waals surface area (Å²) in [6.07, 6.45) is 8.86. The first-order valence-corrected chi connectivity index (χ1v) is 14.5. The molecule has 1 aromatic carbocycles. The monoisotopic (exact) mass is 492 g/mol. The highest BCUT2D eigenvalue weighted by molar-refractivity contribution is 7.13. The van der Waals surface area contributed by atoms with Crippen molar-refractivity contribution in [1.82, 2.24) is 14.6 Å². The fourth-order valence-corrected chi connectivity index (χ4v) is 8.48. The molecule has 2 aromatic rings. The smallest absolute Gasteiger partial charge is 0.234 e. The molecule has 1 N–H and O–H groups in total. The number of carbonyl (C=O) groups excluding carboxylic acids is 1. The highest BCUT2D eigenvalue weighted by Gasteiger charge is 2.52.